The maximum absolute atomic E-state index is 3.69. The highest BCUT2D eigenvalue weighted by atomic mass is 15.3. The molecule has 1 aliphatic rings. The van der Waals surface area contributed by atoms with Crippen molar-refractivity contribution in [3.8, 4) is 0 Å². The first-order chi connectivity index (χ1) is 8.05. The third kappa shape index (κ3) is 3.96. The molecule has 1 rings (SSSR count). The monoisotopic (exact) mass is 254 g/mol. The molecule has 1 aliphatic heterocycles. The number of nitrogens with one attached hydrogen (secondary N) is 1. The predicted octanol–water partition coefficient (Wildman–Crippen LogP) is 3.38. The number of rotatable bonds is 4. The molecule has 0 aromatic heterocycles. The summed E-state index contributed by atoms with van der Waals surface area (Å²) < 4.78 is 0. The Kier molecular flexibility index (Phi) is 4.88. The Labute approximate surface area is 115 Å². The fourth-order valence-corrected chi connectivity index (χ4v) is 2.73. The van der Waals surface area contributed by atoms with Crippen LogP contribution in [0, 0.1) is 17.3 Å². The summed E-state index contributed by atoms with van der Waals surface area (Å²) in [4.78, 5) is 2.72. The van der Waals surface area contributed by atoms with Crippen LogP contribution in [0.4, 0.5) is 0 Å². The second-order valence-electron chi connectivity index (χ2n) is 8.12. The molecule has 108 valence electrons. The molecule has 2 heteroatoms. The van der Waals surface area contributed by atoms with Crippen LogP contribution in [0.25, 0.3) is 0 Å². The highest BCUT2D eigenvalue weighted by Crippen LogP contribution is 2.31. The molecule has 0 radical (unpaired) electrons. The molecule has 1 heterocycles. The van der Waals surface area contributed by atoms with Crippen LogP contribution in [0.5, 0.6) is 0 Å². The van der Waals surface area contributed by atoms with Crippen molar-refractivity contribution < 1.29 is 0 Å². The molecular weight excluding hydrogens is 220 g/mol. The summed E-state index contributed by atoms with van der Waals surface area (Å²) in [7, 11) is 0. The maximum Gasteiger partial charge on any atom is 0.0252 e. The van der Waals surface area contributed by atoms with Crippen LogP contribution in [0.3, 0.4) is 0 Å². The average Bonchev–Trinajstić information content (AvgIpc) is 2.14. The van der Waals surface area contributed by atoms with E-state index in [0.29, 0.717) is 11.5 Å². The molecule has 0 bridgehead atoms. The zero-order valence-corrected chi connectivity index (χ0v) is 13.8. The Bertz CT molecular complexity index is 266. The molecule has 0 aromatic rings. The molecule has 0 aromatic carbocycles. The smallest absolute Gasteiger partial charge is 0.0252 e. The lowest BCUT2D eigenvalue weighted by Gasteiger charge is -2.49. The molecule has 0 aliphatic carbocycles. The third-order valence-corrected chi connectivity index (χ3v) is 4.80. The van der Waals surface area contributed by atoms with Gasteiger partial charge in [-0.15, -0.1) is 0 Å². The van der Waals surface area contributed by atoms with Gasteiger partial charge in [-0.2, -0.15) is 0 Å². The van der Waals surface area contributed by atoms with Crippen LogP contribution in [0.1, 0.15) is 55.4 Å². The summed E-state index contributed by atoms with van der Waals surface area (Å²) in [5.41, 5.74) is 0.638. The van der Waals surface area contributed by atoms with Gasteiger partial charge in [0.1, 0.15) is 0 Å². The lowest BCUT2D eigenvalue weighted by atomic mass is 9.79. The molecular formula is C16H34N2. The summed E-state index contributed by atoms with van der Waals surface area (Å²) in [6, 6.07) is 0.677. The summed E-state index contributed by atoms with van der Waals surface area (Å²) in [5, 5.41) is 3.69. The van der Waals surface area contributed by atoms with Crippen LogP contribution in [0.2, 0.25) is 0 Å². The maximum atomic E-state index is 3.69. The van der Waals surface area contributed by atoms with Crippen LogP contribution in [-0.4, -0.2) is 36.1 Å². The lowest BCUT2D eigenvalue weighted by molar-refractivity contribution is 0.0249. The van der Waals surface area contributed by atoms with E-state index in [1.165, 1.54) is 6.54 Å². The number of nitrogens with zero attached hydrogens (tertiary/aromatic N) is 1. The first-order valence-electron chi connectivity index (χ1n) is 7.54. The minimum Gasteiger partial charge on any atom is -0.309 e. The van der Waals surface area contributed by atoms with Crippen molar-refractivity contribution in [1.29, 1.82) is 0 Å². The predicted molar refractivity (Wildman–Crippen MR) is 80.9 cm³/mol. The summed E-state index contributed by atoms with van der Waals surface area (Å²) in [6.45, 7) is 22.3. The first kappa shape index (κ1) is 16.0. The van der Waals surface area contributed by atoms with Crippen molar-refractivity contribution in [2.24, 2.45) is 17.3 Å². The van der Waals surface area contributed by atoms with Crippen LogP contribution in [0.15, 0.2) is 0 Å². The fraction of sp³-hybridized carbons (Fsp3) is 1.00. The number of hydrogen-bond acceptors (Lipinski definition) is 2. The van der Waals surface area contributed by atoms with E-state index in [2.05, 4.69) is 65.6 Å². The van der Waals surface area contributed by atoms with Crippen LogP contribution in [-0.2, 0) is 0 Å². The zero-order valence-electron chi connectivity index (χ0n) is 13.8. The Hall–Kier alpha value is -0.0800. The molecule has 1 atom stereocenters. The van der Waals surface area contributed by atoms with E-state index in [-0.39, 0.29) is 5.54 Å². The van der Waals surface area contributed by atoms with E-state index in [1.807, 2.05) is 0 Å². The van der Waals surface area contributed by atoms with E-state index >= 15 is 0 Å². The molecule has 1 saturated heterocycles. The van der Waals surface area contributed by atoms with Crippen molar-refractivity contribution in [1.82, 2.24) is 10.2 Å². The quantitative estimate of drug-likeness (QED) is 0.827. The molecule has 0 saturated carbocycles. The molecule has 1 fully saturated rings. The van der Waals surface area contributed by atoms with Crippen LogP contribution >= 0.6 is 0 Å². The standard InChI is InChI=1S/C16H34N2/c1-12(2)14-9-17-16(7,8)11-18(14)10-15(5,6)13(3)4/h12-14,17H,9-11H2,1-8H3. The topological polar surface area (TPSA) is 15.3 Å². The Morgan fingerprint density at radius 1 is 1.22 bits per heavy atom. The van der Waals surface area contributed by atoms with Gasteiger partial charge in [-0.25, -0.2) is 0 Å². The van der Waals surface area contributed by atoms with Crippen molar-refractivity contribution in [2.75, 3.05) is 19.6 Å². The second-order valence-corrected chi connectivity index (χ2v) is 8.12. The third-order valence-electron chi connectivity index (χ3n) is 4.80. The SMILES string of the molecule is CC(C)C1CNC(C)(C)CN1CC(C)(C)C(C)C. The number of hydrogen-bond donors (Lipinski definition) is 1. The van der Waals surface area contributed by atoms with E-state index in [4.69, 9.17) is 0 Å². The second kappa shape index (κ2) is 5.50. The molecule has 1 N–H and O–H groups in total. The van der Waals surface area contributed by atoms with Gasteiger partial charge < -0.3 is 5.32 Å². The van der Waals surface area contributed by atoms with Crippen molar-refractivity contribution in [2.45, 2.75) is 67.0 Å². The molecule has 0 spiro atoms. The molecule has 2 nitrogen and oxygen atoms in total. The van der Waals surface area contributed by atoms with Gasteiger partial charge in [0.25, 0.3) is 0 Å². The Morgan fingerprint density at radius 3 is 2.22 bits per heavy atom. The first-order valence-corrected chi connectivity index (χ1v) is 7.54. The van der Waals surface area contributed by atoms with Gasteiger partial charge in [0, 0.05) is 31.2 Å². The van der Waals surface area contributed by atoms with Gasteiger partial charge in [0.05, 0.1) is 0 Å². The Morgan fingerprint density at radius 2 is 1.78 bits per heavy atom. The van der Waals surface area contributed by atoms with Crippen molar-refractivity contribution in [3.63, 3.8) is 0 Å². The van der Waals surface area contributed by atoms with Gasteiger partial charge in [0.2, 0.25) is 0 Å². The van der Waals surface area contributed by atoms with Gasteiger partial charge >= 0.3 is 0 Å². The van der Waals surface area contributed by atoms with E-state index < -0.39 is 0 Å². The van der Waals surface area contributed by atoms with Gasteiger partial charge in [-0.1, -0.05) is 41.5 Å². The van der Waals surface area contributed by atoms with Gasteiger partial charge in [-0.3, -0.25) is 4.90 Å². The number of piperazine rings is 1. The normalized spacial score (nSPS) is 26.0. The van der Waals surface area contributed by atoms with E-state index in [9.17, 15) is 0 Å². The summed E-state index contributed by atoms with van der Waals surface area (Å²) in [5.74, 6) is 1.44. The summed E-state index contributed by atoms with van der Waals surface area (Å²) >= 11 is 0. The van der Waals surface area contributed by atoms with Crippen molar-refractivity contribution >= 4 is 0 Å². The zero-order chi connectivity index (χ0) is 14.1. The minimum absolute atomic E-state index is 0.248. The lowest BCUT2D eigenvalue weighted by Crippen LogP contribution is -2.64. The largest absolute Gasteiger partial charge is 0.309 e. The van der Waals surface area contributed by atoms with Gasteiger partial charge in [-0.05, 0) is 31.1 Å². The fourth-order valence-electron chi connectivity index (χ4n) is 2.73. The Balaban J connectivity index is 2.79. The molecule has 1 unspecified atom stereocenters. The van der Waals surface area contributed by atoms with Gasteiger partial charge in [0.15, 0.2) is 0 Å². The molecule has 18 heavy (non-hydrogen) atoms. The molecule has 0 amide bonds. The summed E-state index contributed by atoms with van der Waals surface area (Å²) in [6.07, 6.45) is 0. The average molecular weight is 254 g/mol. The van der Waals surface area contributed by atoms with E-state index in [1.54, 1.807) is 0 Å². The van der Waals surface area contributed by atoms with Crippen LogP contribution < -0.4 is 5.32 Å². The highest BCUT2D eigenvalue weighted by molar-refractivity contribution is 4.95. The minimum atomic E-state index is 0.248. The van der Waals surface area contributed by atoms with Crippen molar-refractivity contribution in [3.05, 3.63) is 0 Å². The van der Waals surface area contributed by atoms with E-state index in [0.717, 1.165) is 24.9 Å². The highest BCUT2D eigenvalue weighted by Gasteiger charge is 2.37.